The first-order valence-corrected chi connectivity index (χ1v) is 6.14. The number of aryl methyl sites for hydroxylation is 1. The number of rotatable bonds is 9. The van der Waals surface area contributed by atoms with Gasteiger partial charge in [0.2, 0.25) is 5.91 Å². The maximum absolute atomic E-state index is 11.5. The zero-order valence-corrected chi connectivity index (χ0v) is 10.8. The second-order valence-corrected chi connectivity index (χ2v) is 4.17. The molecule has 1 amide bonds. The number of aromatic nitrogens is 2. The van der Waals surface area contributed by atoms with Crippen LogP contribution >= 0.6 is 0 Å². The molecule has 1 rings (SSSR count). The molecular weight excluding hydrogens is 268 g/mol. The van der Waals surface area contributed by atoms with E-state index in [1.807, 2.05) is 0 Å². The summed E-state index contributed by atoms with van der Waals surface area (Å²) in [4.78, 5) is 31.6. The number of nitro groups is 1. The van der Waals surface area contributed by atoms with Gasteiger partial charge in [-0.15, -0.1) is 0 Å². The molecule has 0 fully saturated rings. The molecule has 0 aliphatic heterocycles. The first-order valence-electron chi connectivity index (χ1n) is 6.14. The highest BCUT2D eigenvalue weighted by Crippen LogP contribution is 2.07. The number of nitrogens with one attached hydrogen (secondary N) is 1. The van der Waals surface area contributed by atoms with Crippen molar-refractivity contribution >= 4 is 17.6 Å². The fourth-order valence-electron chi connectivity index (χ4n) is 1.50. The van der Waals surface area contributed by atoms with Crippen LogP contribution in [-0.4, -0.2) is 38.2 Å². The van der Waals surface area contributed by atoms with Crippen LogP contribution in [0.15, 0.2) is 12.4 Å². The fraction of sp³-hybridized carbons (Fsp3) is 0.545. The predicted molar refractivity (Wildman–Crippen MR) is 68.0 cm³/mol. The van der Waals surface area contributed by atoms with Gasteiger partial charge in [-0.1, -0.05) is 0 Å². The van der Waals surface area contributed by atoms with Gasteiger partial charge in [0.1, 0.15) is 12.4 Å². The van der Waals surface area contributed by atoms with E-state index in [1.54, 1.807) is 0 Å². The third kappa shape index (κ3) is 5.94. The van der Waals surface area contributed by atoms with Crippen LogP contribution in [0.25, 0.3) is 0 Å². The summed E-state index contributed by atoms with van der Waals surface area (Å²) in [5, 5.41) is 25.3. The molecule has 1 aromatic rings. The van der Waals surface area contributed by atoms with Crippen molar-refractivity contribution in [2.45, 2.75) is 32.2 Å². The summed E-state index contributed by atoms with van der Waals surface area (Å²) in [6.45, 7) is 0.681. The van der Waals surface area contributed by atoms with Crippen LogP contribution in [0, 0.1) is 10.1 Å². The summed E-state index contributed by atoms with van der Waals surface area (Å²) >= 11 is 0. The fourth-order valence-corrected chi connectivity index (χ4v) is 1.50. The van der Waals surface area contributed by atoms with Gasteiger partial charge in [0.05, 0.1) is 4.92 Å². The molecule has 0 bridgehead atoms. The Morgan fingerprint density at radius 3 is 2.75 bits per heavy atom. The average Bonchev–Trinajstić information content (AvgIpc) is 2.84. The second-order valence-electron chi connectivity index (χ2n) is 4.17. The molecule has 0 saturated heterocycles. The molecule has 0 spiro atoms. The Kier molecular flexibility index (Phi) is 6.14. The molecule has 1 heterocycles. The van der Waals surface area contributed by atoms with Crippen LogP contribution < -0.4 is 5.32 Å². The van der Waals surface area contributed by atoms with Gasteiger partial charge in [-0.2, -0.15) is 5.10 Å². The molecule has 0 aliphatic rings. The third-order valence-corrected chi connectivity index (χ3v) is 2.54. The molecule has 110 valence electrons. The van der Waals surface area contributed by atoms with Crippen molar-refractivity contribution in [2.75, 3.05) is 6.54 Å². The molecular formula is C11H16N4O5. The number of aliphatic carboxylic acids is 1. The minimum absolute atomic E-state index is 0.0901. The number of carbonyl (C=O) groups excluding carboxylic acids is 1. The Morgan fingerprint density at radius 1 is 1.40 bits per heavy atom. The van der Waals surface area contributed by atoms with Gasteiger partial charge in [-0.3, -0.25) is 24.4 Å². The highest BCUT2D eigenvalue weighted by atomic mass is 16.6. The zero-order chi connectivity index (χ0) is 15.0. The highest BCUT2D eigenvalue weighted by Gasteiger charge is 2.09. The van der Waals surface area contributed by atoms with E-state index < -0.39 is 10.9 Å². The van der Waals surface area contributed by atoms with E-state index in [1.165, 1.54) is 10.9 Å². The van der Waals surface area contributed by atoms with E-state index in [0.29, 0.717) is 19.4 Å². The van der Waals surface area contributed by atoms with Crippen molar-refractivity contribution in [3.05, 3.63) is 22.5 Å². The number of hydrogen-bond acceptors (Lipinski definition) is 5. The van der Waals surface area contributed by atoms with E-state index in [2.05, 4.69) is 10.4 Å². The smallest absolute Gasteiger partial charge is 0.306 e. The standard InChI is InChI=1S/C11H16N4O5/c16-10(12-5-2-1-3-11(17)18)4-6-14-8-9(7-13-14)15(19)20/h7-8H,1-6H2,(H,12,16)(H,17,18). The van der Waals surface area contributed by atoms with E-state index >= 15 is 0 Å². The van der Waals surface area contributed by atoms with E-state index in [-0.39, 0.29) is 31.0 Å². The van der Waals surface area contributed by atoms with Crippen LogP contribution in [0.2, 0.25) is 0 Å². The number of carbonyl (C=O) groups is 2. The molecule has 0 radical (unpaired) electrons. The molecule has 0 saturated carbocycles. The van der Waals surface area contributed by atoms with Crippen molar-refractivity contribution in [1.29, 1.82) is 0 Å². The first kappa shape index (κ1) is 15.6. The van der Waals surface area contributed by atoms with Crippen LogP contribution in [0.3, 0.4) is 0 Å². The Bertz CT molecular complexity index is 485. The van der Waals surface area contributed by atoms with Gasteiger partial charge >= 0.3 is 11.7 Å². The number of unbranched alkanes of at least 4 members (excludes halogenated alkanes) is 1. The molecule has 0 aliphatic carbocycles. The molecule has 0 atom stereocenters. The highest BCUT2D eigenvalue weighted by molar-refractivity contribution is 5.75. The monoisotopic (exact) mass is 284 g/mol. The van der Waals surface area contributed by atoms with Crippen molar-refractivity contribution in [1.82, 2.24) is 15.1 Å². The lowest BCUT2D eigenvalue weighted by molar-refractivity contribution is -0.385. The van der Waals surface area contributed by atoms with Gasteiger partial charge in [-0.05, 0) is 12.8 Å². The van der Waals surface area contributed by atoms with Crippen LogP contribution in [0.5, 0.6) is 0 Å². The molecule has 9 heteroatoms. The van der Waals surface area contributed by atoms with E-state index in [0.717, 1.165) is 6.20 Å². The van der Waals surface area contributed by atoms with Crippen LogP contribution in [-0.2, 0) is 16.1 Å². The number of carboxylic acid groups (broad SMARTS) is 1. The van der Waals surface area contributed by atoms with Gasteiger partial charge in [0, 0.05) is 25.9 Å². The Labute approximate surface area is 114 Å². The van der Waals surface area contributed by atoms with E-state index in [9.17, 15) is 19.7 Å². The normalized spacial score (nSPS) is 10.2. The van der Waals surface area contributed by atoms with Crippen LogP contribution in [0.4, 0.5) is 5.69 Å². The molecule has 9 nitrogen and oxygen atoms in total. The summed E-state index contributed by atoms with van der Waals surface area (Å²) in [5.74, 6) is -1.05. The molecule has 2 N–H and O–H groups in total. The minimum atomic E-state index is -0.850. The van der Waals surface area contributed by atoms with Gasteiger partial charge in [0.25, 0.3) is 0 Å². The summed E-state index contributed by atoms with van der Waals surface area (Å²) in [6.07, 6.45) is 3.76. The molecule has 0 unspecified atom stereocenters. The van der Waals surface area contributed by atoms with Crippen molar-refractivity contribution in [3.63, 3.8) is 0 Å². The van der Waals surface area contributed by atoms with Crippen molar-refractivity contribution in [2.24, 2.45) is 0 Å². The summed E-state index contributed by atoms with van der Waals surface area (Å²) in [5.41, 5.74) is -0.112. The molecule has 0 aromatic carbocycles. The Balaban J connectivity index is 2.16. The van der Waals surface area contributed by atoms with E-state index in [4.69, 9.17) is 5.11 Å². The lowest BCUT2D eigenvalue weighted by atomic mass is 10.2. The summed E-state index contributed by atoms with van der Waals surface area (Å²) in [7, 11) is 0. The number of hydrogen-bond donors (Lipinski definition) is 2. The van der Waals surface area contributed by atoms with Gasteiger partial charge < -0.3 is 10.4 Å². The average molecular weight is 284 g/mol. The minimum Gasteiger partial charge on any atom is -0.481 e. The zero-order valence-electron chi connectivity index (χ0n) is 10.8. The Morgan fingerprint density at radius 2 is 2.15 bits per heavy atom. The number of carboxylic acids is 1. The SMILES string of the molecule is O=C(O)CCCCNC(=O)CCn1cc([N+](=O)[O-])cn1. The molecule has 1 aromatic heterocycles. The lowest BCUT2D eigenvalue weighted by Gasteiger charge is -2.04. The largest absolute Gasteiger partial charge is 0.481 e. The molecule has 20 heavy (non-hydrogen) atoms. The lowest BCUT2D eigenvalue weighted by Crippen LogP contribution is -2.25. The Hall–Kier alpha value is -2.45. The third-order valence-electron chi connectivity index (χ3n) is 2.54. The van der Waals surface area contributed by atoms with Crippen molar-refractivity contribution in [3.8, 4) is 0 Å². The quantitative estimate of drug-likeness (QED) is 0.387. The van der Waals surface area contributed by atoms with Crippen LogP contribution in [0.1, 0.15) is 25.7 Å². The topological polar surface area (TPSA) is 127 Å². The first-order chi connectivity index (χ1) is 9.49. The maximum atomic E-state index is 11.5. The van der Waals surface area contributed by atoms with Crippen molar-refractivity contribution < 1.29 is 19.6 Å². The summed E-state index contributed by atoms with van der Waals surface area (Å²) in [6, 6.07) is 0. The number of nitrogens with zero attached hydrogens (tertiary/aromatic N) is 3. The van der Waals surface area contributed by atoms with Gasteiger partial charge in [-0.25, -0.2) is 0 Å². The predicted octanol–water partition coefficient (Wildman–Crippen LogP) is 0.552. The second kappa shape index (κ2) is 7.87. The number of amides is 1. The summed E-state index contributed by atoms with van der Waals surface area (Å²) < 4.78 is 1.34. The maximum Gasteiger partial charge on any atom is 0.306 e. The van der Waals surface area contributed by atoms with Gasteiger partial charge in [0.15, 0.2) is 0 Å².